The minimum atomic E-state index is -0.0879. The summed E-state index contributed by atoms with van der Waals surface area (Å²) < 4.78 is 0. The van der Waals surface area contributed by atoms with E-state index in [0.717, 1.165) is 5.56 Å². The van der Waals surface area contributed by atoms with Gasteiger partial charge in [-0.25, -0.2) is 0 Å². The number of aryl methyl sites for hydroxylation is 1. The van der Waals surface area contributed by atoms with Gasteiger partial charge in [0.25, 0.3) is 0 Å². The predicted molar refractivity (Wildman–Crippen MR) is 57.5 cm³/mol. The summed E-state index contributed by atoms with van der Waals surface area (Å²) >= 11 is 0. The van der Waals surface area contributed by atoms with Crippen molar-refractivity contribution >= 4 is 17.5 Å². The average molecular weight is 203 g/mol. The lowest BCUT2D eigenvalue weighted by molar-refractivity contribution is -0.129. The second kappa shape index (κ2) is 3.85. The number of carbonyl (C=O) groups is 2. The van der Waals surface area contributed by atoms with Gasteiger partial charge < -0.3 is 0 Å². The van der Waals surface area contributed by atoms with E-state index in [1.54, 1.807) is 0 Å². The van der Waals surface area contributed by atoms with Gasteiger partial charge in [0.2, 0.25) is 11.8 Å². The van der Waals surface area contributed by atoms with E-state index in [2.05, 4.69) is 0 Å². The summed E-state index contributed by atoms with van der Waals surface area (Å²) in [4.78, 5) is 24.5. The van der Waals surface area contributed by atoms with Crippen molar-refractivity contribution in [2.24, 2.45) is 0 Å². The minimum Gasteiger partial charge on any atom is -0.274 e. The molecule has 2 rings (SSSR count). The van der Waals surface area contributed by atoms with Crippen LogP contribution in [0.2, 0.25) is 0 Å². The van der Waals surface area contributed by atoms with E-state index < -0.39 is 0 Å². The van der Waals surface area contributed by atoms with Gasteiger partial charge in [0.05, 0.1) is 5.69 Å². The molecule has 0 aromatic heterocycles. The summed E-state index contributed by atoms with van der Waals surface area (Å²) in [7, 11) is 0. The number of carbonyl (C=O) groups excluding carboxylic acids is 2. The molecule has 1 heterocycles. The average Bonchev–Trinajstić information content (AvgIpc) is 2.20. The fourth-order valence-corrected chi connectivity index (χ4v) is 1.74. The molecule has 1 aliphatic rings. The molecule has 2 amide bonds. The fraction of sp³-hybridized carbons (Fsp3) is 0.333. The van der Waals surface area contributed by atoms with Crippen LogP contribution < -0.4 is 4.90 Å². The molecule has 0 atom stereocenters. The number of imide groups is 1. The van der Waals surface area contributed by atoms with Gasteiger partial charge in [0, 0.05) is 12.8 Å². The van der Waals surface area contributed by atoms with E-state index in [9.17, 15) is 9.59 Å². The van der Waals surface area contributed by atoms with Crippen LogP contribution in [0, 0.1) is 6.92 Å². The molecule has 1 aliphatic heterocycles. The Kier molecular flexibility index (Phi) is 2.54. The van der Waals surface area contributed by atoms with E-state index in [4.69, 9.17) is 0 Å². The molecule has 0 bridgehead atoms. The zero-order valence-corrected chi connectivity index (χ0v) is 8.69. The second-order valence-electron chi connectivity index (χ2n) is 3.81. The Balaban J connectivity index is 2.31. The number of rotatable bonds is 1. The zero-order chi connectivity index (χ0) is 10.8. The topological polar surface area (TPSA) is 37.4 Å². The van der Waals surface area contributed by atoms with Crippen LogP contribution in [0.1, 0.15) is 24.8 Å². The Hall–Kier alpha value is -1.64. The third-order valence-electron chi connectivity index (χ3n) is 2.57. The van der Waals surface area contributed by atoms with E-state index in [0.29, 0.717) is 24.9 Å². The van der Waals surface area contributed by atoms with Crippen molar-refractivity contribution in [2.75, 3.05) is 4.90 Å². The van der Waals surface area contributed by atoms with Crippen LogP contribution >= 0.6 is 0 Å². The van der Waals surface area contributed by atoms with Crippen LogP contribution in [0.15, 0.2) is 24.3 Å². The Morgan fingerprint density at radius 2 is 1.53 bits per heavy atom. The highest BCUT2D eigenvalue weighted by Crippen LogP contribution is 2.21. The SMILES string of the molecule is Cc1ccc(N2C(=O)CCCC2=O)cc1. The summed E-state index contributed by atoms with van der Waals surface area (Å²) in [6, 6.07) is 7.45. The van der Waals surface area contributed by atoms with Gasteiger partial charge in [-0.05, 0) is 25.5 Å². The maximum Gasteiger partial charge on any atom is 0.233 e. The van der Waals surface area contributed by atoms with Crippen molar-refractivity contribution < 1.29 is 9.59 Å². The number of amides is 2. The minimum absolute atomic E-state index is 0.0879. The van der Waals surface area contributed by atoms with Crippen molar-refractivity contribution in [3.8, 4) is 0 Å². The molecular formula is C12H13NO2. The maximum atomic E-state index is 11.6. The van der Waals surface area contributed by atoms with Crippen molar-refractivity contribution in [3.05, 3.63) is 29.8 Å². The van der Waals surface area contributed by atoms with Gasteiger partial charge in [-0.15, -0.1) is 0 Å². The van der Waals surface area contributed by atoms with Crippen LogP contribution in [0.4, 0.5) is 5.69 Å². The first kappa shape index (κ1) is 9.90. The Morgan fingerprint density at radius 3 is 2.07 bits per heavy atom. The summed E-state index contributed by atoms with van der Waals surface area (Å²) in [6.45, 7) is 1.98. The van der Waals surface area contributed by atoms with E-state index >= 15 is 0 Å². The van der Waals surface area contributed by atoms with Crippen LogP contribution in [0.25, 0.3) is 0 Å². The molecular weight excluding hydrogens is 190 g/mol. The third-order valence-corrected chi connectivity index (χ3v) is 2.57. The lowest BCUT2D eigenvalue weighted by Gasteiger charge is -2.24. The molecule has 0 unspecified atom stereocenters. The maximum absolute atomic E-state index is 11.6. The largest absolute Gasteiger partial charge is 0.274 e. The molecule has 15 heavy (non-hydrogen) atoms. The lowest BCUT2D eigenvalue weighted by atomic mass is 10.1. The van der Waals surface area contributed by atoms with Crippen LogP contribution in [-0.2, 0) is 9.59 Å². The Labute approximate surface area is 88.7 Å². The Morgan fingerprint density at radius 1 is 1.00 bits per heavy atom. The van der Waals surface area contributed by atoms with E-state index in [1.165, 1.54) is 4.90 Å². The van der Waals surface area contributed by atoms with Crippen LogP contribution in [0.5, 0.6) is 0 Å². The van der Waals surface area contributed by atoms with Crippen molar-refractivity contribution in [1.29, 1.82) is 0 Å². The molecule has 0 aliphatic carbocycles. The number of anilines is 1. The normalized spacial score (nSPS) is 17.0. The first-order valence-corrected chi connectivity index (χ1v) is 5.11. The fourth-order valence-electron chi connectivity index (χ4n) is 1.74. The summed E-state index contributed by atoms with van der Waals surface area (Å²) in [6.07, 6.45) is 1.62. The van der Waals surface area contributed by atoms with Gasteiger partial charge in [0.15, 0.2) is 0 Å². The molecule has 3 heteroatoms. The van der Waals surface area contributed by atoms with Gasteiger partial charge >= 0.3 is 0 Å². The van der Waals surface area contributed by atoms with Crippen LogP contribution in [0.3, 0.4) is 0 Å². The summed E-state index contributed by atoms with van der Waals surface area (Å²) in [5, 5.41) is 0. The number of nitrogens with zero attached hydrogens (tertiary/aromatic N) is 1. The quantitative estimate of drug-likeness (QED) is 0.655. The standard InChI is InChI=1S/C12H13NO2/c1-9-5-7-10(8-6-9)13-11(14)3-2-4-12(13)15/h5-8H,2-4H2,1H3. The van der Waals surface area contributed by atoms with Gasteiger partial charge in [-0.1, -0.05) is 17.7 Å². The highest BCUT2D eigenvalue weighted by Gasteiger charge is 2.26. The molecule has 0 spiro atoms. The highest BCUT2D eigenvalue weighted by atomic mass is 16.2. The van der Waals surface area contributed by atoms with Gasteiger partial charge in [-0.2, -0.15) is 0 Å². The van der Waals surface area contributed by atoms with E-state index in [1.807, 2.05) is 31.2 Å². The number of hydrogen-bond acceptors (Lipinski definition) is 2. The molecule has 0 saturated carbocycles. The molecule has 1 aromatic carbocycles. The molecule has 0 radical (unpaired) electrons. The molecule has 0 N–H and O–H groups in total. The summed E-state index contributed by atoms with van der Waals surface area (Å²) in [5.74, 6) is -0.176. The van der Waals surface area contributed by atoms with Gasteiger partial charge in [0.1, 0.15) is 0 Å². The smallest absolute Gasteiger partial charge is 0.233 e. The van der Waals surface area contributed by atoms with Crippen molar-refractivity contribution in [3.63, 3.8) is 0 Å². The van der Waals surface area contributed by atoms with E-state index in [-0.39, 0.29) is 11.8 Å². The highest BCUT2D eigenvalue weighted by molar-refractivity contribution is 6.16. The number of hydrogen-bond donors (Lipinski definition) is 0. The molecule has 3 nitrogen and oxygen atoms in total. The second-order valence-corrected chi connectivity index (χ2v) is 3.81. The Bertz CT molecular complexity index is 379. The predicted octanol–water partition coefficient (Wildman–Crippen LogP) is 2.04. The van der Waals surface area contributed by atoms with Crippen molar-refractivity contribution in [2.45, 2.75) is 26.2 Å². The lowest BCUT2D eigenvalue weighted by Crippen LogP contribution is -2.40. The van der Waals surface area contributed by atoms with Crippen LogP contribution in [-0.4, -0.2) is 11.8 Å². The number of benzene rings is 1. The molecule has 78 valence electrons. The third kappa shape index (κ3) is 1.91. The van der Waals surface area contributed by atoms with Gasteiger partial charge in [-0.3, -0.25) is 14.5 Å². The van der Waals surface area contributed by atoms with Crippen molar-refractivity contribution in [1.82, 2.24) is 0 Å². The first-order chi connectivity index (χ1) is 7.18. The number of piperidine rings is 1. The zero-order valence-electron chi connectivity index (χ0n) is 8.69. The molecule has 1 saturated heterocycles. The first-order valence-electron chi connectivity index (χ1n) is 5.11. The molecule has 1 aromatic rings. The summed E-state index contributed by atoms with van der Waals surface area (Å²) in [5.41, 5.74) is 1.81. The monoisotopic (exact) mass is 203 g/mol. The molecule has 1 fully saturated rings.